The lowest BCUT2D eigenvalue weighted by atomic mass is 10.0. The molecule has 0 aliphatic carbocycles. The second-order valence-electron chi connectivity index (χ2n) is 3.10. The first-order valence-electron chi connectivity index (χ1n) is 4.10. The minimum absolute atomic E-state index is 0.0382. The number of hydrogen-bond acceptors (Lipinski definition) is 3. The molecule has 1 N–H and O–H groups in total. The Bertz CT molecular complexity index is 103. The summed E-state index contributed by atoms with van der Waals surface area (Å²) in [5, 5.41) is 3.13. The molecule has 1 aliphatic heterocycles. The Balaban J connectivity index is 2.40. The standard InChI is InChI=1S/C8H17NO2/c1-9-6-8(7-10-2)4-3-5-11-8/h9H,3-7H2,1-2H3. The predicted octanol–water partition coefficient (Wildman–Crippen LogP) is 0.401. The first-order chi connectivity index (χ1) is 5.33. The Hall–Kier alpha value is -0.120. The molecule has 1 atom stereocenters. The minimum Gasteiger partial charge on any atom is -0.382 e. The summed E-state index contributed by atoms with van der Waals surface area (Å²) in [7, 11) is 3.66. The van der Waals surface area contributed by atoms with Crippen molar-refractivity contribution in [1.82, 2.24) is 5.32 Å². The fraction of sp³-hybridized carbons (Fsp3) is 1.00. The maximum atomic E-state index is 5.63. The molecule has 0 spiro atoms. The van der Waals surface area contributed by atoms with Gasteiger partial charge in [-0.1, -0.05) is 0 Å². The van der Waals surface area contributed by atoms with Crippen LogP contribution in [0.5, 0.6) is 0 Å². The largest absolute Gasteiger partial charge is 0.382 e. The van der Waals surface area contributed by atoms with E-state index in [1.165, 1.54) is 0 Å². The summed E-state index contributed by atoms with van der Waals surface area (Å²) in [6, 6.07) is 0. The van der Waals surface area contributed by atoms with E-state index in [1.54, 1.807) is 7.11 Å². The molecule has 0 aromatic heterocycles. The number of hydrogen-bond donors (Lipinski definition) is 1. The highest BCUT2D eigenvalue weighted by Gasteiger charge is 2.34. The maximum Gasteiger partial charge on any atom is 0.104 e. The van der Waals surface area contributed by atoms with Gasteiger partial charge in [-0.3, -0.25) is 0 Å². The molecule has 1 aliphatic rings. The van der Waals surface area contributed by atoms with Crippen LogP contribution in [0.2, 0.25) is 0 Å². The van der Waals surface area contributed by atoms with E-state index in [0.29, 0.717) is 6.61 Å². The van der Waals surface area contributed by atoms with Crippen LogP contribution in [0.3, 0.4) is 0 Å². The number of rotatable bonds is 4. The summed E-state index contributed by atoms with van der Waals surface area (Å²) in [4.78, 5) is 0. The van der Waals surface area contributed by atoms with Gasteiger partial charge in [0.15, 0.2) is 0 Å². The highest BCUT2D eigenvalue weighted by atomic mass is 16.5. The third kappa shape index (κ3) is 2.15. The summed E-state index contributed by atoms with van der Waals surface area (Å²) in [6.07, 6.45) is 2.27. The van der Waals surface area contributed by atoms with Crippen molar-refractivity contribution in [1.29, 1.82) is 0 Å². The maximum absolute atomic E-state index is 5.63. The van der Waals surface area contributed by atoms with E-state index in [0.717, 1.165) is 26.0 Å². The van der Waals surface area contributed by atoms with Gasteiger partial charge in [0.05, 0.1) is 6.61 Å². The normalized spacial score (nSPS) is 31.1. The van der Waals surface area contributed by atoms with E-state index in [9.17, 15) is 0 Å². The van der Waals surface area contributed by atoms with Crippen LogP contribution in [0.4, 0.5) is 0 Å². The quantitative estimate of drug-likeness (QED) is 0.644. The van der Waals surface area contributed by atoms with E-state index in [4.69, 9.17) is 9.47 Å². The molecule has 3 nitrogen and oxygen atoms in total. The molecule has 0 saturated carbocycles. The molecule has 0 bridgehead atoms. The van der Waals surface area contributed by atoms with Crippen molar-refractivity contribution in [2.45, 2.75) is 18.4 Å². The lowest BCUT2D eigenvalue weighted by molar-refractivity contribution is -0.0486. The molecule has 1 unspecified atom stereocenters. The van der Waals surface area contributed by atoms with Crippen molar-refractivity contribution in [3.8, 4) is 0 Å². The second kappa shape index (κ2) is 4.04. The van der Waals surface area contributed by atoms with Crippen LogP contribution in [0.15, 0.2) is 0 Å². The summed E-state index contributed by atoms with van der Waals surface area (Å²) in [6.45, 7) is 2.47. The third-order valence-corrected chi connectivity index (χ3v) is 2.09. The first-order valence-corrected chi connectivity index (χ1v) is 4.10. The number of likely N-dealkylation sites (N-methyl/N-ethyl adjacent to an activating group) is 1. The van der Waals surface area contributed by atoms with Crippen LogP contribution in [0.25, 0.3) is 0 Å². The average molecular weight is 159 g/mol. The molecule has 0 radical (unpaired) electrons. The van der Waals surface area contributed by atoms with Gasteiger partial charge < -0.3 is 14.8 Å². The molecule has 0 amide bonds. The number of ether oxygens (including phenoxy) is 2. The molecule has 1 heterocycles. The van der Waals surface area contributed by atoms with Gasteiger partial charge in [0.25, 0.3) is 0 Å². The topological polar surface area (TPSA) is 30.5 Å². The fourth-order valence-electron chi connectivity index (χ4n) is 1.64. The van der Waals surface area contributed by atoms with Gasteiger partial charge in [0.1, 0.15) is 5.60 Å². The summed E-state index contributed by atoms with van der Waals surface area (Å²) >= 11 is 0. The Kier molecular flexibility index (Phi) is 3.30. The number of methoxy groups -OCH3 is 1. The van der Waals surface area contributed by atoms with Gasteiger partial charge in [-0.25, -0.2) is 0 Å². The van der Waals surface area contributed by atoms with E-state index in [2.05, 4.69) is 5.32 Å². The Morgan fingerprint density at radius 3 is 2.91 bits per heavy atom. The zero-order valence-corrected chi connectivity index (χ0v) is 7.35. The van der Waals surface area contributed by atoms with Gasteiger partial charge in [-0.2, -0.15) is 0 Å². The SMILES string of the molecule is CNCC1(COC)CCCO1. The van der Waals surface area contributed by atoms with Crippen LogP contribution >= 0.6 is 0 Å². The molecule has 11 heavy (non-hydrogen) atoms. The highest BCUT2D eigenvalue weighted by Crippen LogP contribution is 2.24. The van der Waals surface area contributed by atoms with E-state index in [1.807, 2.05) is 7.05 Å². The average Bonchev–Trinajstić information content (AvgIpc) is 2.39. The summed E-state index contributed by atoms with van der Waals surface area (Å²) in [5.41, 5.74) is -0.0382. The molecule has 1 rings (SSSR count). The molecule has 0 aromatic rings. The van der Waals surface area contributed by atoms with Crippen molar-refractivity contribution in [3.05, 3.63) is 0 Å². The fourth-order valence-corrected chi connectivity index (χ4v) is 1.64. The Morgan fingerprint density at radius 1 is 1.64 bits per heavy atom. The molecular weight excluding hydrogens is 142 g/mol. The summed E-state index contributed by atoms with van der Waals surface area (Å²) in [5.74, 6) is 0. The molecule has 0 aromatic carbocycles. The van der Waals surface area contributed by atoms with Gasteiger partial charge in [0.2, 0.25) is 0 Å². The van der Waals surface area contributed by atoms with Crippen LogP contribution in [0, 0.1) is 0 Å². The number of nitrogens with one attached hydrogen (secondary N) is 1. The van der Waals surface area contributed by atoms with Crippen LogP contribution in [0.1, 0.15) is 12.8 Å². The van der Waals surface area contributed by atoms with Crippen LogP contribution in [-0.4, -0.2) is 39.5 Å². The van der Waals surface area contributed by atoms with E-state index < -0.39 is 0 Å². The Labute approximate surface area is 68.1 Å². The monoisotopic (exact) mass is 159 g/mol. The highest BCUT2D eigenvalue weighted by molar-refractivity contribution is 4.86. The van der Waals surface area contributed by atoms with Gasteiger partial charge in [0, 0.05) is 20.3 Å². The molecule has 1 saturated heterocycles. The molecule has 3 heteroatoms. The molecule has 1 fully saturated rings. The van der Waals surface area contributed by atoms with Crippen molar-refractivity contribution < 1.29 is 9.47 Å². The summed E-state index contributed by atoms with van der Waals surface area (Å²) < 4.78 is 10.8. The van der Waals surface area contributed by atoms with Crippen molar-refractivity contribution in [2.75, 3.05) is 33.9 Å². The smallest absolute Gasteiger partial charge is 0.104 e. The lowest BCUT2D eigenvalue weighted by Gasteiger charge is -2.26. The Morgan fingerprint density at radius 2 is 2.45 bits per heavy atom. The zero-order valence-electron chi connectivity index (χ0n) is 7.35. The first kappa shape index (κ1) is 8.97. The van der Waals surface area contributed by atoms with Crippen molar-refractivity contribution in [3.63, 3.8) is 0 Å². The second-order valence-corrected chi connectivity index (χ2v) is 3.10. The predicted molar refractivity (Wildman–Crippen MR) is 43.7 cm³/mol. The van der Waals surface area contributed by atoms with Gasteiger partial charge in [-0.05, 0) is 19.9 Å². The zero-order chi connectivity index (χ0) is 8.16. The third-order valence-electron chi connectivity index (χ3n) is 2.09. The minimum atomic E-state index is -0.0382. The van der Waals surface area contributed by atoms with E-state index in [-0.39, 0.29) is 5.60 Å². The molecule has 66 valence electrons. The van der Waals surface area contributed by atoms with Crippen molar-refractivity contribution >= 4 is 0 Å². The van der Waals surface area contributed by atoms with Crippen LogP contribution in [-0.2, 0) is 9.47 Å². The molecular formula is C8H17NO2. The lowest BCUT2D eigenvalue weighted by Crippen LogP contribution is -2.42. The van der Waals surface area contributed by atoms with E-state index >= 15 is 0 Å². The van der Waals surface area contributed by atoms with Gasteiger partial charge >= 0.3 is 0 Å². The van der Waals surface area contributed by atoms with Crippen LogP contribution < -0.4 is 5.32 Å². The van der Waals surface area contributed by atoms with Gasteiger partial charge in [-0.15, -0.1) is 0 Å². The van der Waals surface area contributed by atoms with Crippen molar-refractivity contribution in [2.24, 2.45) is 0 Å².